The van der Waals surface area contributed by atoms with Crippen molar-refractivity contribution in [2.45, 2.75) is 6.42 Å². The zero-order valence-corrected chi connectivity index (χ0v) is 6.59. The van der Waals surface area contributed by atoms with E-state index >= 15 is 0 Å². The van der Waals surface area contributed by atoms with E-state index in [9.17, 15) is 9.59 Å². The van der Waals surface area contributed by atoms with Crippen molar-refractivity contribution in [3.63, 3.8) is 0 Å². The zero-order chi connectivity index (χ0) is 8.85. The first-order valence-electron chi connectivity index (χ1n) is 2.72. The summed E-state index contributed by atoms with van der Waals surface area (Å²) < 4.78 is 4.25. The Balaban J connectivity index is 3.96. The molecule has 0 aliphatic rings. The largest absolute Gasteiger partial charge is 0.478 e. The molecule has 0 saturated carbocycles. The van der Waals surface area contributed by atoms with Crippen molar-refractivity contribution in [3.05, 3.63) is 11.1 Å². The van der Waals surface area contributed by atoms with Gasteiger partial charge in [-0.25, -0.2) is 4.79 Å². The monoisotopic (exact) mass is 178 g/mol. The highest BCUT2D eigenvalue weighted by Gasteiger charge is 2.04. The summed E-state index contributed by atoms with van der Waals surface area (Å²) in [6.07, 6.45) is 0.544. The van der Waals surface area contributed by atoms with Gasteiger partial charge in [-0.05, 0) is 0 Å². The van der Waals surface area contributed by atoms with E-state index in [2.05, 4.69) is 4.74 Å². The van der Waals surface area contributed by atoms with Crippen molar-refractivity contribution in [1.29, 1.82) is 0 Å². The van der Waals surface area contributed by atoms with Crippen LogP contribution in [-0.4, -0.2) is 24.2 Å². The second-order valence-corrected chi connectivity index (χ2v) is 2.17. The molecule has 0 radical (unpaired) electrons. The number of ether oxygens (including phenoxy) is 1. The SMILES string of the molecule is COC(=O)C/C(Cl)=C/C(=O)O. The van der Waals surface area contributed by atoms with E-state index in [0.29, 0.717) is 0 Å². The molecule has 0 aliphatic heterocycles. The van der Waals surface area contributed by atoms with Crippen LogP contribution < -0.4 is 0 Å². The second kappa shape index (κ2) is 4.73. The molecule has 0 fully saturated rings. The van der Waals surface area contributed by atoms with E-state index in [1.54, 1.807) is 0 Å². The van der Waals surface area contributed by atoms with Gasteiger partial charge in [0.05, 0.1) is 13.5 Å². The predicted octanol–water partition coefficient (Wildman–Crippen LogP) is 0.757. The van der Waals surface area contributed by atoms with Crippen LogP contribution in [-0.2, 0) is 14.3 Å². The van der Waals surface area contributed by atoms with Gasteiger partial charge in [-0.3, -0.25) is 4.79 Å². The van der Waals surface area contributed by atoms with Gasteiger partial charge >= 0.3 is 11.9 Å². The van der Waals surface area contributed by atoms with Gasteiger partial charge in [-0.15, -0.1) is 0 Å². The van der Waals surface area contributed by atoms with Crippen molar-refractivity contribution in [3.8, 4) is 0 Å². The normalized spacial score (nSPS) is 10.9. The molecule has 62 valence electrons. The van der Waals surface area contributed by atoms with Gasteiger partial charge in [-0.2, -0.15) is 0 Å². The number of esters is 1. The Morgan fingerprint density at radius 2 is 2.18 bits per heavy atom. The molecule has 0 saturated heterocycles. The molecule has 4 nitrogen and oxygen atoms in total. The standard InChI is InChI=1S/C6H7ClO4/c1-11-6(10)3-4(7)2-5(8)9/h2H,3H2,1H3,(H,8,9)/b4-2-. The summed E-state index contributed by atoms with van der Waals surface area (Å²) in [4.78, 5) is 20.4. The quantitative estimate of drug-likeness (QED) is 0.512. The first kappa shape index (κ1) is 9.97. The number of carboxylic acids is 1. The lowest BCUT2D eigenvalue weighted by molar-refractivity contribution is -0.139. The molecule has 0 heterocycles. The third kappa shape index (κ3) is 5.42. The molecular weight excluding hydrogens is 172 g/mol. The molecule has 11 heavy (non-hydrogen) atoms. The molecule has 0 amide bonds. The number of hydrogen-bond donors (Lipinski definition) is 1. The molecule has 0 unspecified atom stereocenters. The summed E-state index contributed by atoms with van der Waals surface area (Å²) in [7, 11) is 1.20. The third-order valence-electron chi connectivity index (χ3n) is 0.821. The maximum atomic E-state index is 10.5. The van der Waals surface area contributed by atoms with Crippen LogP contribution in [0.4, 0.5) is 0 Å². The first-order valence-corrected chi connectivity index (χ1v) is 3.10. The minimum atomic E-state index is -1.18. The maximum absolute atomic E-state index is 10.5. The molecule has 5 heteroatoms. The summed E-state index contributed by atoms with van der Waals surface area (Å²) in [5.41, 5.74) is 0. The second-order valence-electron chi connectivity index (χ2n) is 1.68. The number of aliphatic carboxylic acids is 1. The Hall–Kier alpha value is -1.03. The van der Waals surface area contributed by atoms with Crippen LogP contribution in [0.2, 0.25) is 0 Å². The number of carbonyl (C=O) groups is 2. The Bertz CT molecular complexity index is 197. The van der Waals surface area contributed by atoms with E-state index < -0.39 is 11.9 Å². The van der Waals surface area contributed by atoms with Crippen LogP contribution in [0, 0.1) is 0 Å². The molecule has 0 atom stereocenters. The fraction of sp³-hybridized carbons (Fsp3) is 0.333. The van der Waals surface area contributed by atoms with Crippen molar-refractivity contribution >= 4 is 23.5 Å². The van der Waals surface area contributed by atoms with Crippen LogP contribution in [0.5, 0.6) is 0 Å². The maximum Gasteiger partial charge on any atom is 0.329 e. The Kier molecular flexibility index (Phi) is 4.29. The van der Waals surface area contributed by atoms with Crippen LogP contribution in [0.15, 0.2) is 11.1 Å². The molecule has 0 spiro atoms. The minimum absolute atomic E-state index is 0.0515. The van der Waals surface area contributed by atoms with Gasteiger partial charge in [0.2, 0.25) is 0 Å². The molecule has 0 rings (SSSR count). The Labute approximate surface area is 68.4 Å². The predicted molar refractivity (Wildman–Crippen MR) is 38.2 cm³/mol. The lowest BCUT2D eigenvalue weighted by Crippen LogP contribution is -2.00. The molecule has 0 aromatic carbocycles. The summed E-state index contributed by atoms with van der Waals surface area (Å²) in [5, 5.41) is 8.11. The number of methoxy groups -OCH3 is 1. The van der Waals surface area contributed by atoms with Gasteiger partial charge in [0, 0.05) is 11.1 Å². The molecular formula is C6H7ClO4. The number of halogens is 1. The Morgan fingerprint density at radius 3 is 2.55 bits per heavy atom. The highest BCUT2D eigenvalue weighted by molar-refractivity contribution is 6.31. The molecule has 0 aliphatic carbocycles. The van der Waals surface area contributed by atoms with Crippen LogP contribution >= 0.6 is 11.6 Å². The molecule has 0 aromatic rings. The summed E-state index contributed by atoms with van der Waals surface area (Å²) in [5.74, 6) is -1.74. The fourth-order valence-electron chi connectivity index (χ4n) is 0.395. The van der Waals surface area contributed by atoms with Gasteiger partial charge in [0.1, 0.15) is 0 Å². The average Bonchev–Trinajstić information content (AvgIpc) is 1.85. The third-order valence-corrected chi connectivity index (χ3v) is 1.06. The van der Waals surface area contributed by atoms with Crippen LogP contribution in [0.1, 0.15) is 6.42 Å². The highest BCUT2D eigenvalue weighted by atomic mass is 35.5. The van der Waals surface area contributed by atoms with Gasteiger partial charge in [0.15, 0.2) is 0 Å². The fourth-order valence-corrected chi connectivity index (χ4v) is 0.598. The summed E-state index contributed by atoms with van der Waals surface area (Å²) in [6.45, 7) is 0. The minimum Gasteiger partial charge on any atom is -0.478 e. The highest BCUT2D eigenvalue weighted by Crippen LogP contribution is 2.06. The van der Waals surface area contributed by atoms with Crippen LogP contribution in [0.3, 0.4) is 0 Å². The lowest BCUT2D eigenvalue weighted by Gasteiger charge is -1.94. The number of hydrogen-bond acceptors (Lipinski definition) is 3. The average molecular weight is 179 g/mol. The lowest BCUT2D eigenvalue weighted by atomic mass is 10.4. The van der Waals surface area contributed by atoms with Crippen molar-refractivity contribution in [1.82, 2.24) is 0 Å². The number of rotatable bonds is 3. The van der Waals surface area contributed by atoms with Crippen molar-refractivity contribution < 1.29 is 19.4 Å². The topological polar surface area (TPSA) is 63.6 Å². The van der Waals surface area contributed by atoms with Crippen molar-refractivity contribution in [2.75, 3.05) is 7.11 Å². The van der Waals surface area contributed by atoms with Crippen molar-refractivity contribution in [2.24, 2.45) is 0 Å². The smallest absolute Gasteiger partial charge is 0.329 e. The first-order chi connectivity index (χ1) is 5.06. The molecule has 0 bridgehead atoms. The number of carboxylic acid groups (broad SMARTS) is 1. The van der Waals surface area contributed by atoms with E-state index in [-0.39, 0.29) is 11.5 Å². The van der Waals surface area contributed by atoms with E-state index in [4.69, 9.17) is 16.7 Å². The van der Waals surface area contributed by atoms with Gasteiger partial charge < -0.3 is 9.84 Å². The summed E-state index contributed by atoms with van der Waals surface area (Å²) >= 11 is 5.33. The van der Waals surface area contributed by atoms with E-state index in [1.807, 2.05) is 0 Å². The molecule has 0 aromatic heterocycles. The summed E-state index contributed by atoms with van der Waals surface area (Å²) in [6, 6.07) is 0. The zero-order valence-electron chi connectivity index (χ0n) is 5.83. The van der Waals surface area contributed by atoms with Gasteiger partial charge in [0.25, 0.3) is 0 Å². The number of carbonyl (C=O) groups excluding carboxylic acids is 1. The van der Waals surface area contributed by atoms with E-state index in [1.165, 1.54) is 7.11 Å². The van der Waals surface area contributed by atoms with Crippen LogP contribution in [0.25, 0.3) is 0 Å². The Morgan fingerprint density at radius 1 is 1.64 bits per heavy atom. The van der Waals surface area contributed by atoms with Gasteiger partial charge in [-0.1, -0.05) is 11.6 Å². The van der Waals surface area contributed by atoms with E-state index in [0.717, 1.165) is 6.08 Å². The molecule has 1 N–H and O–H groups in total.